The highest BCUT2D eigenvalue weighted by molar-refractivity contribution is 6.53. The SMILES string of the molecule is N#CBC#N.c1c[nH]nn1. The zero-order valence-electron chi connectivity index (χ0n) is 5.15. The van der Waals surface area contributed by atoms with Crippen LogP contribution in [0.25, 0.3) is 0 Å². The van der Waals surface area contributed by atoms with E-state index in [0.717, 1.165) is 0 Å². The van der Waals surface area contributed by atoms with Gasteiger partial charge in [0.2, 0.25) is 0 Å². The van der Waals surface area contributed by atoms with Gasteiger partial charge < -0.3 is 0 Å². The second kappa shape index (κ2) is 7.18. The first-order valence-corrected chi connectivity index (χ1v) is 2.46. The molecule has 1 aromatic rings. The molecule has 0 aliphatic carbocycles. The number of nitrogens with zero attached hydrogens (tertiary/aromatic N) is 4. The van der Waals surface area contributed by atoms with Gasteiger partial charge >= 0.3 is 7.28 Å². The molecule has 0 fully saturated rings. The Morgan fingerprint density at radius 2 is 2.10 bits per heavy atom. The summed E-state index contributed by atoms with van der Waals surface area (Å²) in [5.41, 5.74) is 0. The summed E-state index contributed by atoms with van der Waals surface area (Å²) in [6, 6.07) is 0. The standard InChI is InChI=1S/C2HBN2.C2H3N3/c4-1-3-2-5;1-2-4-5-3-1/h3H;1-2H,(H,3,4,5). The van der Waals surface area contributed by atoms with Crippen LogP contribution in [-0.4, -0.2) is 22.7 Å². The maximum absolute atomic E-state index is 7.59. The Hall–Kier alpha value is -1.82. The summed E-state index contributed by atoms with van der Waals surface area (Å²) < 4.78 is 0. The first-order valence-electron chi connectivity index (χ1n) is 2.46. The lowest BCUT2D eigenvalue weighted by molar-refractivity contribution is 0.940. The third kappa shape index (κ3) is 6.18. The van der Waals surface area contributed by atoms with Crippen LogP contribution < -0.4 is 0 Å². The van der Waals surface area contributed by atoms with Crippen LogP contribution >= 0.6 is 0 Å². The Kier molecular flexibility index (Phi) is 5.88. The molecule has 5 nitrogen and oxygen atoms in total. The molecule has 0 aromatic carbocycles. The predicted molar refractivity (Wildman–Crippen MR) is 34.8 cm³/mol. The van der Waals surface area contributed by atoms with Crippen LogP contribution in [0.5, 0.6) is 0 Å². The van der Waals surface area contributed by atoms with Crippen molar-refractivity contribution in [2.45, 2.75) is 0 Å². The van der Waals surface area contributed by atoms with Gasteiger partial charge in [0.05, 0.1) is 6.20 Å². The largest absolute Gasteiger partial charge is 0.370 e. The van der Waals surface area contributed by atoms with Gasteiger partial charge in [0.1, 0.15) is 0 Å². The zero-order valence-corrected chi connectivity index (χ0v) is 5.15. The van der Waals surface area contributed by atoms with E-state index in [-0.39, 0.29) is 7.28 Å². The number of aromatic amines is 1. The first kappa shape index (κ1) is 8.18. The normalized spacial score (nSPS) is 5.80. The Balaban J connectivity index is 0.000000162. The second-order valence-corrected chi connectivity index (χ2v) is 1.15. The molecule has 0 saturated carbocycles. The molecule has 0 spiro atoms. The third-order valence-corrected chi connectivity index (χ3v) is 0.489. The fourth-order valence-electron chi connectivity index (χ4n) is 0.202. The summed E-state index contributed by atoms with van der Waals surface area (Å²) in [6.45, 7) is 0. The zero-order chi connectivity index (χ0) is 7.66. The average Bonchev–Trinajstić information content (AvgIpc) is 2.44. The van der Waals surface area contributed by atoms with Gasteiger partial charge in [0.15, 0.2) is 0 Å². The molecule has 0 amide bonds. The van der Waals surface area contributed by atoms with Crippen LogP contribution in [-0.2, 0) is 0 Å². The minimum absolute atomic E-state index is 0. The van der Waals surface area contributed by atoms with E-state index in [0.29, 0.717) is 0 Å². The molecule has 0 aliphatic heterocycles. The predicted octanol–water partition coefficient (Wildman–Crippen LogP) is -0.810. The summed E-state index contributed by atoms with van der Waals surface area (Å²) in [4.78, 5) is 0. The topological polar surface area (TPSA) is 89.1 Å². The molecule has 1 aromatic heterocycles. The van der Waals surface area contributed by atoms with Gasteiger partial charge in [0, 0.05) is 18.1 Å². The van der Waals surface area contributed by atoms with Gasteiger partial charge in [0.25, 0.3) is 0 Å². The summed E-state index contributed by atoms with van der Waals surface area (Å²) >= 11 is 0. The lowest BCUT2D eigenvalue weighted by atomic mass is 9.85. The molecular weight excluding hydrogens is 129 g/mol. The molecule has 1 N–H and O–H groups in total. The van der Waals surface area contributed by atoms with Crippen LogP contribution in [0, 0.1) is 22.5 Å². The van der Waals surface area contributed by atoms with Gasteiger partial charge in [-0.2, -0.15) is 0 Å². The van der Waals surface area contributed by atoms with Crippen LogP contribution in [0.15, 0.2) is 12.4 Å². The Bertz CT molecular complexity index is 188. The summed E-state index contributed by atoms with van der Waals surface area (Å²) in [5.74, 6) is 3.31. The number of rotatable bonds is 0. The van der Waals surface area contributed by atoms with E-state index in [4.69, 9.17) is 10.5 Å². The van der Waals surface area contributed by atoms with Gasteiger partial charge in [-0.15, -0.1) is 5.10 Å². The lowest BCUT2D eigenvalue weighted by Crippen LogP contribution is -1.70. The molecule has 1 heterocycles. The smallest absolute Gasteiger partial charge is 0.266 e. The van der Waals surface area contributed by atoms with Gasteiger partial charge in [-0.25, -0.2) is 10.5 Å². The van der Waals surface area contributed by atoms with Crippen molar-refractivity contribution in [3.05, 3.63) is 12.4 Å². The number of hydrogen-bond acceptors (Lipinski definition) is 4. The Labute approximate surface area is 58.5 Å². The lowest BCUT2D eigenvalue weighted by Gasteiger charge is -1.46. The van der Waals surface area contributed by atoms with E-state index in [2.05, 4.69) is 15.4 Å². The molecule has 1 rings (SSSR count). The monoisotopic (exact) mass is 133 g/mol. The quantitative estimate of drug-likeness (QED) is 0.468. The van der Waals surface area contributed by atoms with Crippen LogP contribution in [0.2, 0.25) is 0 Å². The number of H-pyrrole nitrogens is 1. The van der Waals surface area contributed by atoms with Crippen LogP contribution in [0.1, 0.15) is 0 Å². The van der Waals surface area contributed by atoms with E-state index in [9.17, 15) is 0 Å². The minimum Gasteiger partial charge on any atom is -0.266 e. The summed E-state index contributed by atoms with van der Waals surface area (Å²) in [6.07, 6.45) is 3.24. The molecule has 10 heavy (non-hydrogen) atoms. The highest BCUT2D eigenvalue weighted by Crippen LogP contribution is 1.55. The van der Waals surface area contributed by atoms with Gasteiger partial charge in [-0.3, -0.25) is 5.10 Å². The van der Waals surface area contributed by atoms with Crippen LogP contribution in [0.3, 0.4) is 0 Å². The van der Waals surface area contributed by atoms with E-state index < -0.39 is 0 Å². The number of aromatic nitrogens is 3. The van der Waals surface area contributed by atoms with Crippen molar-refractivity contribution in [2.75, 3.05) is 0 Å². The number of hydrogen-bond donors (Lipinski definition) is 1. The maximum atomic E-state index is 7.59. The highest BCUT2D eigenvalue weighted by atomic mass is 15.3. The van der Waals surface area contributed by atoms with Crippen molar-refractivity contribution in [3.63, 3.8) is 0 Å². The van der Waals surface area contributed by atoms with E-state index in [1.165, 1.54) is 0 Å². The third-order valence-electron chi connectivity index (χ3n) is 0.489. The molecular formula is C4H4BN5. The van der Waals surface area contributed by atoms with E-state index in [1.807, 2.05) is 0 Å². The van der Waals surface area contributed by atoms with Crippen molar-refractivity contribution in [1.29, 1.82) is 10.5 Å². The molecule has 6 heteroatoms. The minimum atomic E-state index is 0. The molecule has 0 aliphatic rings. The average molecular weight is 133 g/mol. The second-order valence-electron chi connectivity index (χ2n) is 1.15. The Morgan fingerprint density at radius 3 is 2.20 bits per heavy atom. The van der Waals surface area contributed by atoms with Crippen molar-refractivity contribution < 1.29 is 0 Å². The summed E-state index contributed by atoms with van der Waals surface area (Å²) in [7, 11) is 0. The van der Waals surface area contributed by atoms with E-state index in [1.54, 1.807) is 24.3 Å². The number of nitriles is 2. The van der Waals surface area contributed by atoms with Crippen LogP contribution in [0.4, 0.5) is 0 Å². The maximum Gasteiger partial charge on any atom is 0.370 e. The molecule has 0 bridgehead atoms. The molecule has 0 saturated heterocycles. The molecule has 48 valence electrons. The fourth-order valence-corrected chi connectivity index (χ4v) is 0.202. The molecule has 0 radical (unpaired) electrons. The summed E-state index contributed by atoms with van der Waals surface area (Å²) in [5, 5.41) is 24.5. The van der Waals surface area contributed by atoms with Crippen molar-refractivity contribution in [2.24, 2.45) is 0 Å². The van der Waals surface area contributed by atoms with Crippen molar-refractivity contribution in [3.8, 4) is 11.9 Å². The van der Waals surface area contributed by atoms with Crippen molar-refractivity contribution in [1.82, 2.24) is 15.4 Å². The van der Waals surface area contributed by atoms with Gasteiger partial charge in [-0.05, 0) is 0 Å². The first-order chi connectivity index (χ1) is 4.91. The fraction of sp³-hybridized carbons (Fsp3) is 0. The van der Waals surface area contributed by atoms with Gasteiger partial charge in [-0.1, -0.05) is 5.21 Å². The molecule has 0 atom stereocenters. The molecule has 0 unspecified atom stereocenters. The van der Waals surface area contributed by atoms with E-state index >= 15 is 0 Å². The highest BCUT2D eigenvalue weighted by Gasteiger charge is 1.70. The Morgan fingerprint density at radius 1 is 1.40 bits per heavy atom. The van der Waals surface area contributed by atoms with Crippen molar-refractivity contribution >= 4 is 7.28 Å². The number of nitrogens with one attached hydrogen (secondary N) is 1.